The number of carboxylic acids is 1. The maximum absolute atomic E-state index is 12.3. The molecule has 1 saturated heterocycles. The normalized spacial score (nSPS) is 22.4. The summed E-state index contributed by atoms with van der Waals surface area (Å²) < 4.78 is 1.88. The lowest BCUT2D eigenvalue weighted by Crippen LogP contribution is -2.56. The molecular weight excluding hydrogens is 366 g/mol. The Morgan fingerprint density at radius 3 is 2.45 bits per heavy atom. The second-order valence-corrected chi connectivity index (χ2v) is 7.71. The topological polar surface area (TPSA) is 78.6 Å². The lowest BCUT2D eigenvalue weighted by atomic mass is 9.73. The molecule has 3 aromatic rings. The van der Waals surface area contributed by atoms with E-state index in [4.69, 9.17) is 0 Å². The monoisotopic (exact) mass is 391 g/mol. The molecule has 29 heavy (non-hydrogen) atoms. The first-order valence-electron chi connectivity index (χ1n) is 9.84. The van der Waals surface area contributed by atoms with Crippen LogP contribution in [0.15, 0.2) is 72.9 Å². The minimum Gasteiger partial charge on any atom is -0.481 e. The van der Waals surface area contributed by atoms with Crippen molar-refractivity contribution in [3.63, 3.8) is 0 Å². The van der Waals surface area contributed by atoms with Crippen molar-refractivity contribution in [3.05, 3.63) is 84.2 Å². The zero-order chi connectivity index (χ0) is 20.3. The smallest absolute Gasteiger partial charge is 0.313 e. The fourth-order valence-electron chi connectivity index (χ4n) is 4.20. The number of hydrogen-bond donors (Lipinski definition) is 2. The highest BCUT2D eigenvalue weighted by Gasteiger charge is 2.49. The van der Waals surface area contributed by atoms with Gasteiger partial charge >= 0.3 is 5.97 Å². The van der Waals surface area contributed by atoms with E-state index in [0.717, 1.165) is 16.9 Å². The summed E-state index contributed by atoms with van der Waals surface area (Å²) in [6, 6.07) is 21.4. The van der Waals surface area contributed by atoms with E-state index in [1.165, 1.54) is 0 Å². The van der Waals surface area contributed by atoms with Crippen molar-refractivity contribution in [3.8, 4) is 5.69 Å². The van der Waals surface area contributed by atoms with Gasteiger partial charge in [-0.3, -0.25) is 9.69 Å². The van der Waals surface area contributed by atoms with Crippen LogP contribution in [0.25, 0.3) is 5.69 Å². The van der Waals surface area contributed by atoms with Gasteiger partial charge in [-0.2, -0.15) is 5.10 Å². The first-order chi connectivity index (χ1) is 14.1. The van der Waals surface area contributed by atoms with E-state index in [9.17, 15) is 15.0 Å². The average Bonchev–Trinajstić information content (AvgIpc) is 3.20. The van der Waals surface area contributed by atoms with Crippen LogP contribution in [0.3, 0.4) is 0 Å². The van der Waals surface area contributed by atoms with Crippen molar-refractivity contribution in [1.29, 1.82) is 0 Å². The number of likely N-dealkylation sites (tertiary alicyclic amines) is 1. The van der Waals surface area contributed by atoms with E-state index in [2.05, 4.69) is 10.00 Å². The van der Waals surface area contributed by atoms with Gasteiger partial charge in [-0.25, -0.2) is 4.68 Å². The first kappa shape index (κ1) is 19.4. The Hall–Kier alpha value is -2.96. The van der Waals surface area contributed by atoms with Crippen LogP contribution in [0.1, 0.15) is 17.7 Å². The summed E-state index contributed by atoms with van der Waals surface area (Å²) in [6.07, 6.45) is 1.61. The molecule has 6 nitrogen and oxygen atoms in total. The fraction of sp³-hybridized carbons (Fsp3) is 0.304. The Labute approximate surface area is 170 Å². The molecule has 150 valence electrons. The average molecular weight is 391 g/mol. The molecule has 1 aliphatic heterocycles. The van der Waals surface area contributed by atoms with E-state index in [0.29, 0.717) is 32.5 Å². The summed E-state index contributed by atoms with van der Waals surface area (Å²) in [7, 11) is 0. The molecule has 0 spiro atoms. The maximum Gasteiger partial charge on any atom is 0.313 e. The Bertz CT molecular complexity index is 958. The number of aliphatic hydroxyl groups is 1. The van der Waals surface area contributed by atoms with E-state index in [-0.39, 0.29) is 0 Å². The number of aliphatic carboxylic acids is 1. The third-order valence-electron chi connectivity index (χ3n) is 5.76. The standard InChI is InChI=1S/C23H25N3O3/c27-21-12-14-25(16-20-11-13-24-26(20)19-9-5-2-6-10-19)17-23(21,22(28)29)15-18-7-3-1-4-8-18/h1-11,13,21,27H,12,14-17H2,(H,28,29)/t21-,23+/m0/s1. The molecular formula is C23H25N3O3. The van der Waals surface area contributed by atoms with Crippen LogP contribution in [0, 0.1) is 5.41 Å². The third-order valence-corrected chi connectivity index (χ3v) is 5.76. The number of para-hydroxylation sites is 1. The zero-order valence-corrected chi connectivity index (χ0v) is 16.2. The zero-order valence-electron chi connectivity index (χ0n) is 16.2. The van der Waals surface area contributed by atoms with Crippen molar-refractivity contribution in [1.82, 2.24) is 14.7 Å². The number of aromatic nitrogens is 2. The molecule has 0 unspecified atom stereocenters. The number of benzene rings is 2. The molecule has 2 aromatic carbocycles. The Morgan fingerprint density at radius 2 is 1.76 bits per heavy atom. The van der Waals surface area contributed by atoms with Gasteiger partial charge in [0, 0.05) is 25.8 Å². The Balaban J connectivity index is 1.57. The van der Waals surface area contributed by atoms with Gasteiger partial charge < -0.3 is 10.2 Å². The van der Waals surface area contributed by atoms with Gasteiger partial charge in [-0.1, -0.05) is 48.5 Å². The van der Waals surface area contributed by atoms with Gasteiger partial charge in [-0.05, 0) is 36.6 Å². The Kier molecular flexibility index (Phi) is 5.47. The van der Waals surface area contributed by atoms with Gasteiger partial charge in [0.1, 0.15) is 5.41 Å². The molecule has 0 amide bonds. The van der Waals surface area contributed by atoms with Gasteiger partial charge in [0.05, 0.1) is 17.5 Å². The van der Waals surface area contributed by atoms with Crippen molar-refractivity contribution in [2.45, 2.75) is 25.5 Å². The van der Waals surface area contributed by atoms with Crippen molar-refractivity contribution in [2.75, 3.05) is 13.1 Å². The first-order valence-corrected chi connectivity index (χ1v) is 9.84. The molecule has 0 bridgehead atoms. The quantitative estimate of drug-likeness (QED) is 0.676. The predicted molar refractivity (Wildman–Crippen MR) is 110 cm³/mol. The molecule has 2 heterocycles. The van der Waals surface area contributed by atoms with Crippen molar-refractivity contribution >= 4 is 5.97 Å². The van der Waals surface area contributed by atoms with Crippen molar-refractivity contribution < 1.29 is 15.0 Å². The number of carboxylic acid groups (broad SMARTS) is 1. The van der Waals surface area contributed by atoms with Crippen LogP contribution < -0.4 is 0 Å². The Morgan fingerprint density at radius 1 is 1.07 bits per heavy atom. The molecule has 6 heteroatoms. The van der Waals surface area contributed by atoms with E-state index < -0.39 is 17.5 Å². The molecule has 0 radical (unpaired) electrons. The number of hydrogen-bond acceptors (Lipinski definition) is 4. The summed E-state index contributed by atoms with van der Waals surface area (Å²) in [5.41, 5.74) is 1.66. The molecule has 1 aliphatic rings. The minimum absolute atomic E-state index is 0.290. The maximum atomic E-state index is 12.3. The van der Waals surface area contributed by atoms with Crippen LogP contribution in [0.2, 0.25) is 0 Å². The molecule has 1 aromatic heterocycles. The molecule has 0 saturated carbocycles. The summed E-state index contributed by atoms with van der Waals surface area (Å²) in [4.78, 5) is 14.4. The lowest BCUT2D eigenvalue weighted by Gasteiger charge is -2.43. The summed E-state index contributed by atoms with van der Waals surface area (Å²) in [5.74, 6) is -0.949. The van der Waals surface area contributed by atoms with Crippen LogP contribution in [-0.4, -0.2) is 50.1 Å². The second-order valence-electron chi connectivity index (χ2n) is 7.71. The van der Waals surface area contributed by atoms with Crippen molar-refractivity contribution in [2.24, 2.45) is 5.41 Å². The van der Waals surface area contributed by atoms with Crippen LogP contribution in [0.5, 0.6) is 0 Å². The van der Waals surface area contributed by atoms with E-state index in [1.807, 2.05) is 71.4 Å². The molecule has 1 fully saturated rings. The van der Waals surface area contributed by atoms with Gasteiger partial charge in [0.15, 0.2) is 0 Å². The molecule has 0 aliphatic carbocycles. The number of nitrogens with zero attached hydrogens (tertiary/aromatic N) is 3. The van der Waals surface area contributed by atoms with Crippen LogP contribution in [0.4, 0.5) is 0 Å². The van der Waals surface area contributed by atoms with E-state index in [1.54, 1.807) is 6.20 Å². The van der Waals surface area contributed by atoms with Gasteiger partial charge in [0.2, 0.25) is 0 Å². The largest absolute Gasteiger partial charge is 0.481 e. The molecule has 4 rings (SSSR count). The van der Waals surface area contributed by atoms with Crippen LogP contribution >= 0.6 is 0 Å². The number of aliphatic hydroxyl groups excluding tert-OH is 1. The lowest BCUT2D eigenvalue weighted by molar-refractivity contribution is -0.163. The number of carbonyl (C=O) groups is 1. The molecule has 2 N–H and O–H groups in total. The second kappa shape index (κ2) is 8.19. The minimum atomic E-state index is -1.22. The van der Waals surface area contributed by atoms with Gasteiger partial charge in [-0.15, -0.1) is 0 Å². The highest BCUT2D eigenvalue weighted by molar-refractivity contribution is 5.76. The SMILES string of the molecule is O=C(O)[C@]1(Cc2ccccc2)CN(Cc2ccnn2-c2ccccc2)CC[C@@H]1O. The highest BCUT2D eigenvalue weighted by atomic mass is 16.4. The van der Waals surface area contributed by atoms with Gasteiger partial charge in [0.25, 0.3) is 0 Å². The number of rotatable bonds is 6. The van der Waals surface area contributed by atoms with E-state index >= 15 is 0 Å². The predicted octanol–water partition coefficient (Wildman–Crippen LogP) is 2.75. The third kappa shape index (κ3) is 3.95. The fourth-order valence-corrected chi connectivity index (χ4v) is 4.20. The van der Waals surface area contributed by atoms with Crippen LogP contribution in [-0.2, 0) is 17.8 Å². The summed E-state index contributed by atoms with van der Waals surface area (Å²) in [5, 5.41) is 25.2. The highest BCUT2D eigenvalue weighted by Crippen LogP contribution is 2.35. The summed E-state index contributed by atoms with van der Waals surface area (Å²) in [6.45, 7) is 1.51. The molecule has 2 atom stereocenters. The summed E-state index contributed by atoms with van der Waals surface area (Å²) >= 11 is 0. The number of piperidine rings is 1.